The third-order valence-corrected chi connectivity index (χ3v) is 4.01. The molecular formula is C19H15N3O4. The number of hydrogen-bond acceptors (Lipinski definition) is 5. The molecule has 0 radical (unpaired) electrons. The number of pyridine rings is 1. The number of ether oxygens (including phenoxy) is 2. The highest BCUT2D eigenvalue weighted by molar-refractivity contribution is 6.06. The summed E-state index contributed by atoms with van der Waals surface area (Å²) < 4.78 is 11.1. The Kier molecular flexibility index (Phi) is 4.10. The number of hydrazine groups is 1. The number of hydrogen-bond donors (Lipinski definition) is 2. The summed E-state index contributed by atoms with van der Waals surface area (Å²) in [4.78, 5) is 28.7. The first-order valence-electron chi connectivity index (χ1n) is 8.04. The van der Waals surface area contributed by atoms with Gasteiger partial charge in [-0.15, -0.1) is 0 Å². The molecule has 2 heterocycles. The Balaban J connectivity index is 1.42. The van der Waals surface area contributed by atoms with Crippen molar-refractivity contribution in [3.8, 4) is 11.5 Å². The van der Waals surface area contributed by atoms with Gasteiger partial charge in [-0.25, -0.2) is 0 Å². The van der Waals surface area contributed by atoms with Crippen molar-refractivity contribution in [3.05, 3.63) is 66.5 Å². The Hall–Kier alpha value is -3.61. The van der Waals surface area contributed by atoms with Crippen LogP contribution in [0.1, 0.15) is 10.4 Å². The number of nitrogens with zero attached hydrogens (tertiary/aromatic N) is 1. The van der Waals surface area contributed by atoms with E-state index >= 15 is 0 Å². The number of amides is 2. The third kappa shape index (κ3) is 3.02. The largest absolute Gasteiger partial charge is 0.485 e. The van der Waals surface area contributed by atoms with Gasteiger partial charge in [0, 0.05) is 17.8 Å². The first kappa shape index (κ1) is 15.9. The molecule has 2 amide bonds. The van der Waals surface area contributed by atoms with E-state index in [2.05, 4.69) is 15.8 Å². The summed E-state index contributed by atoms with van der Waals surface area (Å²) in [6.07, 6.45) is 2.28. The monoisotopic (exact) mass is 349 g/mol. The van der Waals surface area contributed by atoms with Crippen LogP contribution < -0.4 is 20.3 Å². The van der Waals surface area contributed by atoms with Gasteiger partial charge in [-0.1, -0.05) is 36.4 Å². The minimum Gasteiger partial charge on any atom is -0.485 e. The van der Waals surface area contributed by atoms with E-state index in [1.807, 2.05) is 30.3 Å². The summed E-state index contributed by atoms with van der Waals surface area (Å²) in [5.41, 5.74) is 5.14. The zero-order valence-corrected chi connectivity index (χ0v) is 13.6. The molecular weight excluding hydrogens is 334 g/mol. The molecule has 0 fully saturated rings. The first-order chi connectivity index (χ1) is 12.7. The Morgan fingerprint density at radius 1 is 0.962 bits per heavy atom. The molecule has 2 N–H and O–H groups in total. The van der Waals surface area contributed by atoms with Crippen molar-refractivity contribution in [2.45, 2.75) is 6.10 Å². The minimum atomic E-state index is -0.851. The Morgan fingerprint density at radius 2 is 1.73 bits per heavy atom. The van der Waals surface area contributed by atoms with Gasteiger partial charge in [0.05, 0.1) is 5.56 Å². The fraction of sp³-hybridized carbons (Fsp3) is 0.105. The second kappa shape index (κ2) is 6.72. The summed E-state index contributed by atoms with van der Waals surface area (Å²) in [5.74, 6) is 0.117. The highest BCUT2D eigenvalue weighted by Gasteiger charge is 2.27. The average molecular weight is 349 g/mol. The molecule has 3 aromatic rings. The summed E-state index contributed by atoms with van der Waals surface area (Å²) in [6, 6.07) is 14.5. The van der Waals surface area contributed by atoms with Gasteiger partial charge in [-0.3, -0.25) is 25.4 Å². The Morgan fingerprint density at radius 3 is 2.62 bits per heavy atom. The van der Waals surface area contributed by atoms with Crippen molar-refractivity contribution in [2.75, 3.05) is 6.61 Å². The van der Waals surface area contributed by atoms with Gasteiger partial charge in [0.25, 0.3) is 11.8 Å². The lowest BCUT2D eigenvalue weighted by Gasteiger charge is -2.25. The SMILES string of the molecule is O=C(NNC(=O)[C@H]1COc2ccccc2O1)c1cncc2ccccc12. The number of benzene rings is 2. The van der Waals surface area contributed by atoms with Crippen LogP contribution in [0.4, 0.5) is 0 Å². The molecule has 26 heavy (non-hydrogen) atoms. The van der Waals surface area contributed by atoms with Gasteiger partial charge >= 0.3 is 0 Å². The van der Waals surface area contributed by atoms with E-state index in [1.165, 1.54) is 6.20 Å². The standard InChI is InChI=1S/C19H15N3O4/c23-18(14-10-20-9-12-5-1-2-6-13(12)14)21-22-19(24)17-11-25-15-7-3-4-8-16(15)26-17/h1-10,17H,11H2,(H,21,23)(H,22,24)/t17-/m1/s1. The third-order valence-electron chi connectivity index (χ3n) is 4.01. The zero-order chi connectivity index (χ0) is 17.9. The average Bonchev–Trinajstić information content (AvgIpc) is 2.71. The van der Waals surface area contributed by atoms with E-state index in [0.29, 0.717) is 17.1 Å². The van der Waals surface area contributed by atoms with Crippen molar-refractivity contribution < 1.29 is 19.1 Å². The molecule has 0 bridgehead atoms. The number of para-hydroxylation sites is 2. The molecule has 1 atom stereocenters. The van der Waals surface area contributed by atoms with Crippen molar-refractivity contribution in [2.24, 2.45) is 0 Å². The van der Waals surface area contributed by atoms with Crippen LogP contribution in [0.3, 0.4) is 0 Å². The van der Waals surface area contributed by atoms with Crippen LogP contribution in [-0.4, -0.2) is 29.5 Å². The molecule has 0 aliphatic carbocycles. The van der Waals surface area contributed by atoms with E-state index < -0.39 is 17.9 Å². The number of fused-ring (bicyclic) bond motifs is 2. The fourth-order valence-electron chi connectivity index (χ4n) is 2.71. The van der Waals surface area contributed by atoms with Gasteiger partial charge < -0.3 is 9.47 Å². The van der Waals surface area contributed by atoms with Crippen LogP contribution >= 0.6 is 0 Å². The van der Waals surface area contributed by atoms with E-state index in [4.69, 9.17) is 9.47 Å². The molecule has 7 heteroatoms. The normalized spacial score (nSPS) is 15.3. The molecule has 4 rings (SSSR count). The molecule has 1 aromatic heterocycles. The molecule has 1 aliphatic heterocycles. The summed E-state index contributed by atoms with van der Waals surface area (Å²) in [6.45, 7) is 0.0640. The molecule has 7 nitrogen and oxygen atoms in total. The van der Waals surface area contributed by atoms with Gasteiger partial charge in [0.1, 0.15) is 6.61 Å². The lowest BCUT2D eigenvalue weighted by molar-refractivity contribution is -0.131. The molecule has 130 valence electrons. The Bertz CT molecular complexity index is 984. The maximum Gasteiger partial charge on any atom is 0.283 e. The maximum atomic E-state index is 12.4. The Labute approximate surface area is 148 Å². The smallest absolute Gasteiger partial charge is 0.283 e. The van der Waals surface area contributed by atoms with Gasteiger partial charge in [-0.2, -0.15) is 0 Å². The number of rotatable bonds is 2. The summed E-state index contributed by atoms with van der Waals surface area (Å²) in [7, 11) is 0. The van der Waals surface area contributed by atoms with E-state index in [1.54, 1.807) is 24.4 Å². The maximum absolute atomic E-state index is 12.4. The van der Waals surface area contributed by atoms with Crippen LogP contribution in [0, 0.1) is 0 Å². The van der Waals surface area contributed by atoms with Crippen LogP contribution in [0.25, 0.3) is 10.8 Å². The fourth-order valence-corrected chi connectivity index (χ4v) is 2.71. The lowest BCUT2D eigenvalue weighted by Crippen LogP contribution is -2.50. The number of aromatic nitrogens is 1. The quantitative estimate of drug-likeness (QED) is 0.689. The summed E-state index contributed by atoms with van der Waals surface area (Å²) >= 11 is 0. The first-order valence-corrected chi connectivity index (χ1v) is 8.04. The van der Waals surface area contributed by atoms with Gasteiger partial charge in [0.2, 0.25) is 6.10 Å². The highest BCUT2D eigenvalue weighted by Crippen LogP contribution is 2.30. The van der Waals surface area contributed by atoms with Gasteiger partial charge in [-0.05, 0) is 17.5 Å². The second-order valence-corrected chi connectivity index (χ2v) is 5.72. The minimum absolute atomic E-state index is 0.0640. The molecule has 2 aromatic carbocycles. The molecule has 0 spiro atoms. The lowest BCUT2D eigenvalue weighted by atomic mass is 10.1. The molecule has 1 aliphatic rings. The van der Waals surface area contributed by atoms with Gasteiger partial charge in [0.15, 0.2) is 11.5 Å². The van der Waals surface area contributed by atoms with Crippen molar-refractivity contribution in [1.82, 2.24) is 15.8 Å². The zero-order valence-electron chi connectivity index (χ0n) is 13.6. The topological polar surface area (TPSA) is 89.6 Å². The number of carbonyl (C=O) groups is 2. The van der Waals surface area contributed by atoms with Crippen LogP contribution in [-0.2, 0) is 4.79 Å². The van der Waals surface area contributed by atoms with Crippen molar-refractivity contribution >= 4 is 22.6 Å². The highest BCUT2D eigenvalue weighted by atomic mass is 16.6. The number of nitrogens with one attached hydrogen (secondary N) is 2. The predicted octanol–water partition coefficient (Wildman–Crippen LogP) is 1.84. The predicted molar refractivity (Wildman–Crippen MR) is 93.7 cm³/mol. The van der Waals surface area contributed by atoms with Crippen LogP contribution in [0.15, 0.2) is 60.9 Å². The van der Waals surface area contributed by atoms with E-state index in [-0.39, 0.29) is 6.61 Å². The van der Waals surface area contributed by atoms with E-state index in [9.17, 15) is 9.59 Å². The van der Waals surface area contributed by atoms with Crippen LogP contribution in [0.5, 0.6) is 11.5 Å². The van der Waals surface area contributed by atoms with Crippen molar-refractivity contribution in [1.29, 1.82) is 0 Å². The van der Waals surface area contributed by atoms with Crippen LogP contribution in [0.2, 0.25) is 0 Å². The molecule has 0 unspecified atom stereocenters. The molecule has 0 saturated carbocycles. The van der Waals surface area contributed by atoms with E-state index in [0.717, 1.165) is 10.8 Å². The second-order valence-electron chi connectivity index (χ2n) is 5.72. The number of carbonyl (C=O) groups excluding carboxylic acids is 2. The summed E-state index contributed by atoms with van der Waals surface area (Å²) in [5, 5.41) is 1.59. The molecule has 0 saturated heterocycles. The van der Waals surface area contributed by atoms with Crippen molar-refractivity contribution in [3.63, 3.8) is 0 Å².